The van der Waals surface area contributed by atoms with Crippen molar-refractivity contribution in [3.8, 4) is 0 Å². The average Bonchev–Trinajstić information content (AvgIpc) is 3.02. The van der Waals surface area contributed by atoms with Gasteiger partial charge in [-0.15, -0.1) is 0 Å². The maximum Gasteiger partial charge on any atom is 0.332 e. The van der Waals surface area contributed by atoms with Gasteiger partial charge in [-0.3, -0.25) is 18.7 Å². The van der Waals surface area contributed by atoms with Gasteiger partial charge in [-0.05, 0) is 19.1 Å². The Morgan fingerprint density at radius 2 is 1.85 bits per heavy atom. The van der Waals surface area contributed by atoms with E-state index >= 15 is 0 Å². The highest BCUT2D eigenvalue weighted by Crippen LogP contribution is 2.25. The fourth-order valence-electron chi connectivity index (χ4n) is 3.11. The third kappa shape index (κ3) is 2.53. The van der Waals surface area contributed by atoms with Crippen LogP contribution in [0.5, 0.6) is 0 Å². The van der Waals surface area contributed by atoms with Crippen LogP contribution < -0.4 is 16.6 Å². The zero-order chi connectivity index (χ0) is 19.3. The summed E-state index contributed by atoms with van der Waals surface area (Å²) in [5, 5.41) is 3.80. The van der Waals surface area contributed by atoms with Crippen LogP contribution in [-0.4, -0.2) is 20.0 Å². The maximum atomic E-state index is 12.6. The predicted molar refractivity (Wildman–Crippen MR) is 101 cm³/mol. The fraction of sp³-hybridized carbons (Fsp3) is 0.158. The van der Waals surface area contributed by atoms with Gasteiger partial charge in [0.25, 0.3) is 11.5 Å². The van der Waals surface area contributed by atoms with Crippen molar-refractivity contribution in [3.05, 3.63) is 68.7 Å². The third-order valence-electron chi connectivity index (χ3n) is 4.60. The molecule has 4 rings (SSSR count). The van der Waals surface area contributed by atoms with Gasteiger partial charge >= 0.3 is 5.69 Å². The number of carbonyl (C=O) groups is 1. The van der Waals surface area contributed by atoms with Gasteiger partial charge < -0.3 is 9.73 Å². The Morgan fingerprint density at radius 3 is 2.59 bits per heavy atom. The molecule has 0 aliphatic heterocycles. The molecule has 8 heteroatoms. The van der Waals surface area contributed by atoms with Gasteiger partial charge in [0.2, 0.25) is 0 Å². The Bertz CT molecular complexity index is 1340. The number of anilines is 1. The molecular formula is C19H16N4O4. The van der Waals surface area contributed by atoms with Crippen LogP contribution in [0.1, 0.15) is 16.1 Å². The second kappa shape index (κ2) is 5.94. The molecule has 0 saturated carbocycles. The standard InChI is InChI=1S/C19H16N4O4/c1-10-12-6-4-5-7-14(12)27-15(10)17(24)21-11-8-13-16(20-9-11)22(2)19(26)23(3)18(13)25/h4-9H,1-3H3,(H,21,24). The van der Waals surface area contributed by atoms with Crippen LogP contribution in [0.4, 0.5) is 5.69 Å². The lowest BCUT2D eigenvalue weighted by Gasteiger charge is -2.08. The van der Waals surface area contributed by atoms with Crippen molar-refractivity contribution in [1.82, 2.24) is 14.1 Å². The van der Waals surface area contributed by atoms with Crippen LogP contribution in [0.2, 0.25) is 0 Å². The van der Waals surface area contributed by atoms with Crippen LogP contribution in [0, 0.1) is 6.92 Å². The number of nitrogens with zero attached hydrogens (tertiary/aromatic N) is 3. The number of hydrogen-bond donors (Lipinski definition) is 1. The number of para-hydroxylation sites is 1. The van der Waals surface area contributed by atoms with E-state index in [1.807, 2.05) is 25.1 Å². The number of hydrogen-bond acceptors (Lipinski definition) is 5. The van der Waals surface area contributed by atoms with Crippen LogP contribution in [0.3, 0.4) is 0 Å². The van der Waals surface area contributed by atoms with Crippen LogP contribution >= 0.6 is 0 Å². The molecule has 0 saturated heterocycles. The summed E-state index contributed by atoms with van der Waals surface area (Å²) in [6.07, 6.45) is 1.40. The monoisotopic (exact) mass is 364 g/mol. The van der Waals surface area contributed by atoms with E-state index < -0.39 is 17.2 Å². The minimum atomic E-state index is -0.475. The summed E-state index contributed by atoms with van der Waals surface area (Å²) in [6, 6.07) is 8.88. The molecule has 0 bridgehead atoms. The molecular weight excluding hydrogens is 348 g/mol. The van der Waals surface area contributed by atoms with E-state index in [-0.39, 0.29) is 16.8 Å². The predicted octanol–water partition coefficient (Wildman–Crippen LogP) is 1.94. The molecule has 3 heterocycles. The van der Waals surface area contributed by atoms with E-state index in [4.69, 9.17) is 4.42 Å². The van der Waals surface area contributed by atoms with Crippen LogP contribution in [0.15, 0.2) is 50.5 Å². The summed E-state index contributed by atoms with van der Waals surface area (Å²) in [5.41, 5.74) is 1.01. The first-order valence-corrected chi connectivity index (χ1v) is 8.23. The Kier molecular flexibility index (Phi) is 3.69. The van der Waals surface area contributed by atoms with Gasteiger partial charge in [0.1, 0.15) is 11.2 Å². The number of furan rings is 1. The molecule has 0 aliphatic carbocycles. The van der Waals surface area contributed by atoms with Gasteiger partial charge in [-0.25, -0.2) is 9.78 Å². The van der Waals surface area contributed by atoms with E-state index in [2.05, 4.69) is 10.3 Å². The molecule has 0 unspecified atom stereocenters. The lowest BCUT2D eigenvalue weighted by Crippen LogP contribution is -2.37. The van der Waals surface area contributed by atoms with Crippen molar-refractivity contribution in [2.24, 2.45) is 14.1 Å². The fourth-order valence-corrected chi connectivity index (χ4v) is 3.11. The van der Waals surface area contributed by atoms with E-state index in [9.17, 15) is 14.4 Å². The van der Waals surface area contributed by atoms with E-state index in [0.717, 1.165) is 15.5 Å². The molecule has 8 nitrogen and oxygen atoms in total. The summed E-state index contributed by atoms with van der Waals surface area (Å²) >= 11 is 0. The number of pyridine rings is 1. The molecule has 0 fully saturated rings. The summed E-state index contributed by atoms with van der Waals surface area (Å²) in [6.45, 7) is 1.81. The third-order valence-corrected chi connectivity index (χ3v) is 4.60. The average molecular weight is 364 g/mol. The highest BCUT2D eigenvalue weighted by atomic mass is 16.3. The molecule has 0 radical (unpaired) electrons. The zero-order valence-corrected chi connectivity index (χ0v) is 14.9. The van der Waals surface area contributed by atoms with Crippen LogP contribution in [-0.2, 0) is 14.1 Å². The van der Waals surface area contributed by atoms with Gasteiger partial charge in [0, 0.05) is 25.0 Å². The summed E-state index contributed by atoms with van der Waals surface area (Å²) < 4.78 is 7.94. The second-order valence-electron chi connectivity index (χ2n) is 6.31. The number of benzene rings is 1. The van der Waals surface area contributed by atoms with Crippen molar-refractivity contribution < 1.29 is 9.21 Å². The van der Waals surface area contributed by atoms with Gasteiger partial charge in [0.05, 0.1) is 17.3 Å². The van der Waals surface area contributed by atoms with Gasteiger partial charge in [-0.2, -0.15) is 0 Å². The van der Waals surface area contributed by atoms with Crippen molar-refractivity contribution in [2.75, 3.05) is 5.32 Å². The lowest BCUT2D eigenvalue weighted by atomic mass is 10.1. The molecule has 0 spiro atoms. The molecule has 1 amide bonds. The highest BCUT2D eigenvalue weighted by molar-refractivity contribution is 6.06. The van der Waals surface area contributed by atoms with Crippen molar-refractivity contribution in [3.63, 3.8) is 0 Å². The number of aryl methyl sites for hydroxylation is 2. The van der Waals surface area contributed by atoms with Crippen LogP contribution in [0.25, 0.3) is 22.0 Å². The van der Waals surface area contributed by atoms with E-state index in [1.165, 1.54) is 30.9 Å². The lowest BCUT2D eigenvalue weighted by molar-refractivity contribution is 0.0998. The van der Waals surface area contributed by atoms with Crippen molar-refractivity contribution >= 4 is 33.6 Å². The first kappa shape index (κ1) is 16.8. The summed E-state index contributed by atoms with van der Waals surface area (Å²) in [7, 11) is 2.93. The molecule has 3 aromatic heterocycles. The topological polar surface area (TPSA) is 99.1 Å². The smallest absolute Gasteiger partial charge is 0.332 e. The molecule has 136 valence electrons. The first-order chi connectivity index (χ1) is 12.9. The highest BCUT2D eigenvalue weighted by Gasteiger charge is 2.18. The number of nitrogens with one attached hydrogen (secondary N) is 1. The Hall–Kier alpha value is -3.68. The first-order valence-electron chi connectivity index (χ1n) is 8.23. The van der Waals surface area contributed by atoms with Gasteiger partial charge in [0.15, 0.2) is 5.76 Å². The van der Waals surface area contributed by atoms with E-state index in [0.29, 0.717) is 11.3 Å². The number of carbonyl (C=O) groups excluding carboxylic acids is 1. The van der Waals surface area contributed by atoms with Crippen molar-refractivity contribution in [1.29, 1.82) is 0 Å². The molecule has 4 aromatic rings. The SMILES string of the molecule is Cc1c(C(=O)Nc2cnc3c(c2)c(=O)n(C)c(=O)n3C)oc2ccccc12. The molecule has 1 aromatic carbocycles. The quantitative estimate of drug-likeness (QED) is 0.586. The zero-order valence-electron chi connectivity index (χ0n) is 14.9. The Labute approximate surface area is 152 Å². The molecule has 1 N–H and O–H groups in total. The maximum absolute atomic E-state index is 12.6. The summed E-state index contributed by atoms with van der Waals surface area (Å²) in [4.78, 5) is 41.1. The minimum Gasteiger partial charge on any atom is -0.451 e. The largest absolute Gasteiger partial charge is 0.451 e. The summed E-state index contributed by atoms with van der Waals surface area (Å²) in [5.74, 6) is -0.240. The minimum absolute atomic E-state index is 0.199. The van der Waals surface area contributed by atoms with Gasteiger partial charge in [-0.1, -0.05) is 18.2 Å². The second-order valence-corrected chi connectivity index (χ2v) is 6.31. The number of fused-ring (bicyclic) bond motifs is 2. The normalized spacial score (nSPS) is 11.2. The number of rotatable bonds is 2. The Balaban J connectivity index is 1.77. The molecule has 27 heavy (non-hydrogen) atoms. The van der Waals surface area contributed by atoms with Crippen molar-refractivity contribution in [2.45, 2.75) is 6.92 Å². The molecule has 0 atom stereocenters. The Morgan fingerprint density at radius 1 is 1.11 bits per heavy atom. The number of aromatic nitrogens is 3. The molecule has 0 aliphatic rings. The number of amides is 1. The van der Waals surface area contributed by atoms with E-state index in [1.54, 1.807) is 6.07 Å².